The molecule has 0 atom stereocenters. The predicted molar refractivity (Wildman–Crippen MR) is 543 cm³/mol. The molecule has 0 radical (unpaired) electrons. The maximum Gasteiger partial charge on any atom is 0.221 e. The molecule has 20 aromatic rings. The average molecular weight is 1800 g/mol. The van der Waals surface area contributed by atoms with Gasteiger partial charge in [0.2, 0.25) is 5.91 Å². The molecule has 0 spiro atoms. The lowest BCUT2D eigenvalue weighted by Gasteiger charge is -2.38. The number of benzene rings is 7. The first-order valence-corrected chi connectivity index (χ1v) is 45.9. The molecule has 0 unspecified atom stereocenters. The van der Waals surface area contributed by atoms with E-state index in [2.05, 4.69) is 144 Å². The second kappa shape index (κ2) is 35.9. The molecule has 1 amide bonds. The summed E-state index contributed by atoms with van der Waals surface area (Å²) in [6, 6.07) is 93.8. The van der Waals surface area contributed by atoms with Gasteiger partial charge in [-0.2, -0.15) is 0 Å². The van der Waals surface area contributed by atoms with E-state index < -0.39 is 0 Å². The van der Waals surface area contributed by atoms with Crippen molar-refractivity contribution in [3.05, 3.63) is 345 Å². The lowest BCUT2D eigenvalue weighted by atomic mass is 9.73. The van der Waals surface area contributed by atoms with Gasteiger partial charge in [-0.3, -0.25) is 28.0 Å². The third-order valence-corrected chi connectivity index (χ3v) is 26.8. The highest BCUT2D eigenvalue weighted by molar-refractivity contribution is 5.92. The van der Waals surface area contributed by atoms with Gasteiger partial charge >= 0.3 is 0 Å². The predicted octanol–water partition coefficient (Wildman–Crippen LogP) is 19.2. The average Bonchev–Trinajstić information content (AvgIpc) is 1.62. The Labute approximate surface area is 789 Å². The second-order valence-corrected chi connectivity index (χ2v) is 35.7. The molecule has 24 rings (SSSR count). The van der Waals surface area contributed by atoms with Crippen molar-refractivity contribution in [2.45, 2.75) is 106 Å². The maximum atomic E-state index is 11.5. The van der Waals surface area contributed by atoms with Crippen LogP contribution >= 0.6 is 0 Å². The summed E-state index contributed by atoms with van der Waals surface area (Å²) in [5.41, 5.74) is 82.3. The van der Waals surface area contributed by atoms with Gasteiger partial charge in [-0.25, -0.2) is 59.8 Å². The first kappa shape index (κ1) is 86.8. The minimum atomic E-state index is -0.240. The van der Waals surface area contributed by atoms with Gasteiger partial charge in [-0.1, -0.05) is 103 Å². The Hall–Kier alpha value is -16.9. The molecular weight excluding hydrogens is 1700 g/mol. The van der Waals surface area contributed by atoms with Crippen molar-refractivity contribution in [3.63, 3.8) is 0 Å². The Morgan fingerprint density at radius 1 is 0.292 bits per heavy atom. The Kier molecular flexibility index (Phi) is 22.7. The van der Waals surface area contributed by atoms with Crippen molar-refractivity contribution in [1.29, 1.82) is 0 Å². The van der Waals surface area contributed by atoms with Crippen LogP contribution in [0.3, 0.4) is 0 Å². The Balaban J connectivity index is 0.000000109. The van der Waals surface area contributed by atoms with Gasteiger partial charge in [-0.05, 0) is 281 Å². The molecule has 4 saturated carbocycles. The molecule has 4 fully saturated rings. The SMILES string of the molecule is CC(=O)Nc1cccc(-c2ccc3nc(-c4cccnc4N)n(-c4ccc(C5(N)CCC5)cc4)c3n2)c1.Nc1cccc(-c2ccc3nc(-c4cccnc4N)n(-c4ccc(C5(N)CCC5)cc4)c3n2)c1.Nc1ncccc1-c1nc2ccc(-c3ccccc3)nc2n1-c1ccc(C2(N)CCC2)cc1.Nc1ncccc1-c1nc2ccc(-c3cccnc3)nc2n1-c1ccc(C2(N)CCC2)cc1. The van der Waals surface area contributed by atoms with Gasteiger partial charge in [0.1, 0.15) is 45.3 Å². The number of carbonyl (C=O) groups is 1. The van der Waals surface area contributed by atoms with Gasteiger partial charge in [0, 0.05) is 123 Å². The molecule has 13 aromatic heterocycles. The summed E-state index contributed by atoms with van der Waals surface area (Å²) in [6.45, 7) is 1.49. The minimum Gasteiger partial charge on any atom is -0.399 e. The summed E-state index contributed by atoms with van der Waals surface area (Å²) in [7, 11) is 0. The Bertz CT molecular complexity index is 7690. The van der Waals surface area contributed by atoms with Crippen molar-refractivity contribution >= 4 is 85.2 Å². The van der Waals surface area contributed by atoms with Crippen LogP contribution < -0.4 is 56.9 Å². The van der Waals surface area contributed by atoms with Gasteiger partial charge < -0.3 is 56.9 Å². The summed E-state index contributed by atoms with van der Waals surface area (Å²) in [5.74, 6) is 4.32. The fourth-order valence-electron chi connectivity index (χ4n) is 18.5. The molecule has 19 N–H and O–H groups in total. The summed E-state index contributed by atoms with van der Waals surface area (Å²) < 4.78 is 8.14. The van der Waals surface area contributed by atoms with Crippen molar-refractivity contribution in [2.24, 2.45) is 22.9 Å². The number of imidazole rings is 4. The molecule has 28 heteroatoms. The zero-order valence-electron chi connectivity index (χ0n) is 75.3. The zero-order chi connectivity index (χ0) is 93.7. The van der Waals surface area contributed by atoms with Crippen LogP contribution in [0.5, 0.6) is 0 Å². The molecule has 4 aliphatic rings. The lowest BCUT2D eigenvalue weighted by molar-refractivity contribution is -0.114. The third-order valence-electron chi connectivity index (χ3n) is 26.8. The van der Waals surface area contributed by atoms with Crippen LogP contribution in [0.4, 0.5) is 34.6 Å². The Morgan fingerprint density at radius 3 is 0.876 bits per heavy atom. The van der Waals surface area contributed by atoms with E-state index in [1.165, 1.54) is 31.7 Å². The van der Waals surface area contributed by atoms with E-state index in [0.717, 1.165) is 204 Å². The van der Waals surface area contributed by atoms with E-state index >= 15 is 0 Å². The second-order valence-electron chi connectivity index (χ2n) is 35.7. The van der Waals surface area contributed by atoms with E-state index in [1.807, 2.05) is 196 Å². The number of hydrogen-bond acceptors (Lipinski definition) is 23. The molecule has 0 bridgehead atoms. The number of carbonyl (C=O) groups excluding carboxylic acids is 1. The normalized spacial score (nSPS) is 14.7. The molecule has 0 saturated heterocycles. The number of anilines is 6. The summed E-state index contributed by atoms with van der Waals surface area (Å²) in [4.78, 5) is 72.5. The first-order chi connectivity index (χ1) is 66.7. The van der Waals surface area contributed by atoms with Crippen molar-refractivity contribution < 1.29 is 4.79 Å². The van der Waals surface area contributed by atoms with Gasteiger partial charge in [-0.15, -0.1) is 0 Å². The Morgan fingerprint density at radius 2 is 0.584 bits per heavy atom. The number of nitrogen functional groups attached to an aromatic ring is 5. The molecule has 13 heterocycles. The number of rotatable bonds is 17. The molecule has 676 valence electrons. The van der Waals surface area contributed by atoms with Crippen LogP contribution in [0.2, 0.25) is 0 Å². The van der Waals surface area contributed by atoms with Crippen LogP contribution in [-0.4, -0.2) is 89.0 Å². The topological polar surface area (TPSA) is 451 Å². The van der Waals surface area contributed by atoms with Crippen molar-refractivity contribution in [3.8, 4) is 113 Å². The lowest BCUT2D eigenvalue weighted by Crippen LogP contribution is -2.43. The van der Waals surface area contributed by atoms with Gasteiger partial charge in [0.05, 0.1) is 45.0 Å². The van der Waals surface area contributed by atoms with Crippen LogP contribution in [0.1, 0.15) is 106 Å². The van der Waals surface area contributed by atoms with Crippen LogP contribution in [-0.2, 0) is 27.0 Å². The van der Waals surface area contributed by atoms with Crippen LogP contribution in [0.15, 0.2) is 322 Å². The molecule has 7 aromatic carbocycles. The summed E-state index contributed by atoms with van der Waals surface area (Å²) in [6.07, 6.45) is 23.1. The van der Waals surface area contributed by atoms with Crippen molar-refractivity contribution in [2.75, 3.05) is 34.0 Å². The van der Waals surface area contributed by atoms with E-state index in [0.29, 0.717) is 63.6 Å². The molecular formula is C109H99N27O. The molecule has 0 aliphatic heterocycles. The number of fused-ring (bicyclic) bond motifs is 4. The number of hydrogen-bond donors (Lipinski definition) is 10. The summed E-state index contributed by atoms with van der Waals surface area (Å²) in [5, 5.41) is 2.83. The maximum absolute atomic E-state index is 11.5. The number of nitrogens with one attached hydrogen (secondary N) is 1. The summed E-state index contributed by atoms with van der Waals surface area (Å²) >= 11 is 0. The standard InChI is InChI=1S/C29H27N7O.C27H25N7.C27H24N6.C26H23N7/c1-18(37)33-21-6-2-5-19(17-21)24-12-13-25-28(34-24)36(27(35-25)23-7-3-16-32-26(23)30)22-10-8-20(9-11-22)29(31)14-4-15-29;28-19-5-1-4-17(16-19)22-11-12-23-26(32-22)34(25(33-23)21-6-2-15-31-24(21)29)20-9-7-18(8-10-20)27(30)13-3-14-27;28-24-21(8-4-17-30-24)25-32-23-14-13-22(18-6-2-1-3-7-18)31-26(23)33(25)20-11-9-19(10-12-20)27(29)15-5-16-27;27-23-20(5-2-15-30-23)24-32-22-11-10-21(17-4-1-14-29-16-17)31-25(22)33(24)19-8-6-18(7-9-19)26(28)12-3-13-26/h2-3,5-13,16-17H,4,14-15,31H2,1H3,(H2,30,32)(H,33,37);1-2,4-12,15-16H,3,13-14,28,30H2,(H2,29,31);1-4,6-14,17H,5,15-16,29H2,(H2,28,30);1-2,4-11,14-16H,3,12-13,28H2,(H2,27,30). The van der Waals surface area contributed by atoms with E-state index in [1.54, 1.807) is 31.0 Å². The van der Waals surface area contributed by atoms with Gasteiger partial charge in [0.25, 0.3) is 0 Å². The van der Waals surface area contributed by atoms with Gasteiger partial charge in [0.15, 0.2) is 45.9 Å². The fraction of sp³-hybridized carbons (Fsp3) is 0.156. The number of nitrogens with zero attached hydrogens (tertiary/aromatic N) is 17. The third kappa shape index (κ3) is 16.9. The monoisotopic (exact) mass is 1800 g/mol. The van der Waals surface area contributed by atoms with Crippen molar-refractivity contribution in [1.82, 2.24) is 83.1 Å². The highest BCUT2D eigenvalue weighted by Gasteiger charge is 2.38. The quantitative estimate of drug-likeness (QED) is 0.0379. The smallest absolute Gasteiger partial charge is 0.221 e. The number of aromatic nitrogens is 17. The number of amides is 1. The van der Waals surface area contributed by atoms with Crippen LogP contribution in [0, 0.1) is 0 Å². The van der Waals surface area contributed by atoms with E-state index in [9.17, 15) is 4.79 Å². The molecule has 4 aliphatic carbocycles. The first-order valence-electron chi connectivity index (χ1n) is 45.9. The molecule has 28 nitrogen and oxygen atoms in total. The largest absolute Gasteiger partial charge is 0.399 e. The highest BCUT2D eigenvalue weighted by Crippen LogP contribution is 2.46. The highest BCUT2D eigenvalue weighted by atomic mass is 16.1. The zero-order valence-corrected chi connectivity index (χ0v) is 75.3. The number of nitrogens with two attached hydrogens (primary N) is 9. The minimum absolute atomic E-state index is 0.123. The number of pyridine rings is 9. The van der Waals surface area contributed by atoms with E-state index in [-0.39, 0.29) is 28.1 Å². The van der Waals surface area contributed by atoms with E-state index in [4.69, 9.17) is 91.5 Å². The fourth-order valence-corrected chi connectivity index (χ4v) is 18.5. The molecule has 137 heavy (non-hydrogen) atoms. The van der Waals surface area contributed by atoms with Crippen LogP contribution in [0.25, 0.3) is 158 Å².